The van der Waals surface area contributed by atoms with Crippen molar-refractivity contribution in [2.45, 2.75) is 19.3 Å². The molecule has 5 nitrogen and oxygen atoms in total. The molecule has 22 heavy (non-hydrogen) atoms. The number of carbonyl (C=O) groups excluding carboxylic acids is 1. The predicted molar refractivity (Wildman–Crippen MR) is 85.0 cm³/mol. The second kappa shape index (κ2) is 8.14. The highest BCUT2D eigenvalue weighted by Crippen LogP contribution is 2.13. The van der Waals surface area contributed by atoms with E-state index < -0.39 is 0 Å². The standard InChI is InChI=1S/C17H20N2O3/c1-22-16-10-14(11-18-12-16)4-7-17(21)19-15-5-2-13(3-6-15)8-9-20/h2-3,5-6,10-12,20H,4,7-9H2,1H3,(H,19,21). The molecule has 0 spiro atoms. The molecule has 1 aromatic heterocycles. The molecule has 0 radical (unpaired) electrons. The van der Waals surface area contributed by atoms with E-state index in [2.05, 4.69) is 10.3 Å². The molecule has 2 N–H and O–H groups in total. The first-order valence-corrected chi connectivity index (χ1v) is 7.19. The Morgan fingerprint density at radius 2 is 1.95 bits per heavy atom. The number of nitrogens with one attached hydrogen (secondary N) is 1. The summed E-state index contributed by atoms with van der Waals surface area (Å²) in [5.74, 6) is 0.648. The van der Waals surface area contributed by atoms with Crippen LogP contribution in [0.25, 0.3) is 0 Å². The third-order valence-electron chi connectivity index (χ3n) is 3.28. The Labute approximate surface area is 130 Å². The average molecular weight is 300 g/mol. The minimum atomic E-state index is -0.0438. The molecule has 0 aliphatic heterocycles. The summed E-state index contributed by atoms with van der Waals surface area (Å²) in [5.41, 5.74) is 2.77. The third-order valence-corrected chi connectivity index (χ3v) is 3.28. The number of pyridine rings is 1. The van der Waals surface area contributed by atoms with Gasteiger partial charge in [-0.25, -0.2) is 0 Å². The molecule has 116 valence electrons. The highest BCUT2D eigenvalue weighted by atomic mass is 16.5. The van der Waals surface area contributed by atoms with E-state index in [-0.39, 0.29) is 12.5 Å². The molecule has 1 aromatic carbocycles. The number of nitrogens with zero attached hydrogens (tertiary/aromatic N) is 1. The molecule has 0 atom stereocenters. The van der Waals surface area contributed by atoms with Crippen molar-refractivity contribution in [3.63, 3.8) is 0 Å². The van der Waals surface area contributed by atoms with Gasteiger partial charge in [0.1, 0.15) is 5.75 Å². The molecule has 2 rings (SSSR count). The SMILES string of the molecule is COc1cncc(CCC(=O)Nc2ccc(CCO)cc2)c1. The summed E-state index contributed by atoms with van der Waals surface area (Å²) < 4.78 is 5.11. The smallest absolute Gasteiger partial charge is 0.224 e. The molecule has 2 aromatic rings. The lowest BCUT2D eigenvalue weighted by Gasteiger charge is -2.07. The van der Waals surface area contributed by atoms with Crippen molar-refractivity contribution in [1.82, 2.24) is 4.98 Å². The van der Waals surface area contributed by atoms with E-state index >= 15 is 0 Å². The van der Waals surface area contributed by atoms with Gasteiger partial charge in [-0.2, -0.15) is 0 Å². The first-order valence-electron chi connectivity index (χ1n) is 7.19. The second-order valence-electron chi connectivity index (χ2n) is 4.95. The Balaban J connectivity index is 1.84. The fourth-order valence-electron chi connectivity index (χ4n) is 2.08. The normalized spacial score (nSPS) is 10.3. The van der Waals surface area contributed by atoms with Gasteiger partial charge >= 0.3 is 0 Å². The Bertz CT molecular complexity index is 612. The summed E-state index contributed by atoms with van der Waals surface area (Å²) >= 11 is 0. The Hall–Kier alpha value is -2.40. The third kappa shape index (κ3) is 4.86. The molecular formula is C17H20N2O3. The van der Waals surface area contributed by atoms with Gasteiger partial charge in [0, 0.05) is 24.9 Å². The number of aromatic nitrogens is 1. The van der Waals surface area contributed by atoms with Crippen LogP contribution in [0.1, 0.15) is 17.5 Å². The van der Waals surface area contributed by atoms with Gasteiger partial charge in [-0.15, -0.1) is 0 Å². The van der Waals surface area contributed by atoms with Crippen molar-refractivity contribution in [3.05, 3.63) is 53.9 Å². The van der Waals surface area contributed by atoms with Crippen molar-refractivity contribution in [1.29, 1.82) is 0 Å². The number of aryl methyl sites for hydroxylation is 1. The van der Waals surface area contributed by atoms with Crippen LogP contribution in [0.3, 0.4) is 0 Å². The quantitative estimate of drug-likeness (QED) is 0.822. The molecule has 0 saturated heterocycles. The first kappa shape index (κ1) is 16.0. The zero-order valence-corrected chi connectivity index (χ0v) is 12.6. The largest absolute Gasteiger partial charge is 0.495 e. The van der Waals surface area contributed by atoms with E-state index in [1.807, 2.05) is 30.3 Å². The van der Waals surface area contributed by atoms with Crippen LogP contribution >= 0.6 is 0 Å². The fourth-order valence-corrected chi connectivity index (χ4v) is 2.08. The molecule has 0 bridgehead atoms. The van der Waals surface area contributed by atoms with E-state index in [1.54, 1.807) is 19.5 Å². The molecule has 0 aliphatic carbocycles. The van der Waals surface area contributed by atoms with Crippen LogP contribution in [0, 0.1) is 0 Å². The number of aliphatic hydroxyl groups excluding tert-OH is 1. The molecule has 0 fully saturated rings. The number of carbonyl (C=O) groups is 1. The number of methoxy groups -OCH3 is 1. The lowest BCUT2D eigenvalue weighted by atomic mass is 10.1. The van der Waals surface area contributed by atoms with Gasteiger partial charge in [-0.3, -0.25) is 9.78 Å². The first-order chi connectivity index (χ1) is 10.7. The molecule has 0 unspecified atom stereocenters. The topological polar surface area (TPSA) is 71.5 Å². The zero-order valence-electron chi connectivity index (χ0n) is 12.6. The lowest BCUT2D eigenvalue weighted by Crippen LogP contribution is -2.12. The van der Waals surface area contributed by atoms with Crippen molar-refractivity contribution >= 4 is 11.6 Å². The maximum Gasteiger partial charge on any atom is 0.224 e. The lowest BCUT2D eigenvalue weighted by molar-refractivity contribution is -0.116. The van der Waals surface area contributed by atoms with E-state index in [4.69, 9.17) is 9.84 Å². The molecule has 1 amide bonds. The molecule has 1 heterocycles. The number of aliphatic hydroxyl groups is 1. The summed E-state index contributed by atoms with van der Waals surface area (Å²) in [4.78, 5) is 16.0. The average Bonchev–Trinajstić information content (AvgIpc) is 2.55. The molecule has 5 heteroatoms. The summed E-state index contributed by atoms with van der Waals surface area (Å²) in [6, 6.07) is 9.37. The minimum Gasteiger partial charge on any atom is -0.495 e. The fraction of sp³-hybridized carbons (Fsp3) is 0.294. The van der Waals surface area contributed by atoms with Gasteiger partial charge in [-0.1, -0.05) is 12.1 Å². The van der Waals surface area contributed by atoms with Gasteiger partial charge in [0.25, 0.3) is 0 Å². The van der Waals surface area contributed by atoms with E-state index in [1.165, 1.54) is 0 Å². The van der Waals surface area contributed by atoms with Crippen molar-refractivity contribution in [2.75, 3.05) is 19.0 Å². The Morgan fingerprint density at radius 1 is 1.18 bits per heavy atom. The van der Waals surface area contributed by atoms with Gasteiger partial charge < -0.3 is 15.2 Å². The van der Waals surface area contributed by atoms with Crippen molar-refractivity contribution in [3.8, 4) is 5.75 Å². The van der Waals surface area contributed by atoms with Crippen LogP contribution in [-0.2, 0) is 17.6 Å². The monoisotopic (exact) mass is 300 g/mol. The number of amides is 1. The van der Waals surface area contributed by atoms with Gasteiger partial charge in [0.2, 0.25) is 5.91 Å². The molecule has 0 saturated carbocycles. The van der Waals surface area contributed by atoms with Gasteiger partial charge in [0.15, 0.2) is 0 Å². The van der Waals surface area contributed by atoms with Crippen LogP contribution in [0.4, 0.5) is 5.69 Å². The van der Waals surface area contributed by atoms with Crippen LogP contribution in [0.2, 0.25) is 0 Å². The minimum absolute atomic E-state index is 0.0438. The van der Waals surface area contributed by atoms with Gasteiger partial charge in [0.05, 0.1) is 13.3 Å². The van der Waals surface area contributed by atoms with Crippen molar-refractivity contribution in [2.24, 2.45) is 0 Å². The number of ether oxygens (including phenoxy) is 1. The summed E-state index contributed by atoms with van der Waals surface area (Å²) in [5, 5.41) is 11.7. The van der Waals surface area contributed by atoms with Crippen LogP contribution in [0.5, 0.6) is 5.75 Å². The summed E-state index contributed by atoms with van der Waals surface area (Å²) in [6.45, 7) is 0.125. The van der Waals surface area contributed by atoms with Crippen LogP contribution < -0.4 is 10.1 Å². The van der Waals surface area contributed by atoms with E-state index in [0.717, 1.165) is 16.8 Å². The number of anilines is 1. The van der Waals surface area contributed by atoms with E-state index in [0.29, 0.717) is 25.0 Å². The maximum absolute atomic E-state index is 11.9. The van der Waals surface area contributed by atoms with Crippen LogP contribution in [-0.4, -0.2) is 29.7 Å². The number of hydrogen-bond acceptors (Lipinski definition) is 4. The predicted octanol–water partition coefficient (Wildman–Crippen LogP) is 2.20. The number of hydrogen-bond donors (Lipinski definition) is 2. The maximum atomic E-state index is 11.9. The Kier molecular flexibility index (Phi) is 5.91. The highest BCUT2D eigenvalue weighted by Gasteiger charge is 2.04. The summed E-state index contributed by atoms with van der Waals surface area (Å²) in [7, 11) is 1.59. The number of benzene rings is 1. The number of rotatable bonds is 7. The molecule has 0 aliphatic rings. The highest BCUT2D eigenvalue weighted by molar-refractivity contribution is 5.90. The van der Waals surface area contributed by atoms with Crippen molar-refractivity contribution < 1.29 is 14.6 Å². The molecular weight excluding hydrogens is 280 g/mol. The Morgan fingerprint density at radius 3 is 2.64 bits per heavy atom. The van der Waals surface area contributed by atoms with Gasteiger partial charge in [-0.05, 0) is 42.2 Å². The second-order valence-corrected chi connectivity index (χ2v) is 4.95. The van der Waals surface area contributed by atoms with Crippen LogP contribution in [0.15, 0.2) is 42.7 Å². The summed E-state index contributed by atoms with van der Waals surface area (Å²) in [6.07, 6.45) is 4.99. The van der Waals surface area contributed by atoms with E-state index in [9.17, 15) is 4.79 Å². The zero-order chi connectivity index (χ0) is 15.8.